The van der Waals surface area contributed by atoms with Gasteiger partial charge >= 0.3 is 6.41 Å². The summed E-state index contributed by atoms with van der Waals surface area (Å²) in [7, 11) is 0. The highest BCUT2D eigenvalue weighted by Crippen LogP contribution is 2.09. The predicted octanol–water partition coefficient (Wildman–Crippen LogP) is 1.80. The van der Waals surface area contributed by atoms with Crippen molar-refractivity contribution < 1.29 is 4.79 Å². The zero-order chi connectivity index (χ0) is 8.81. The van der Waals surface area contributed by atoms with Crippen molar-refractivity contribution in [3.63, 3.8) is 0 Å². The smallest absolute Gasteiger partial charge is 0.228 e. The molecule has 1 amide bonds. The lowest BCUT2D eigenvalue weighted by atomic mass is 10.3. The maximum Gasteiger partial charge on any atom is 0.355 e. The Balaban J connectivity index is 2.79. The van der Waals surface area contributed by atoms with Gasteiger partial charge in [-0.25, -0.2) is 4.79 Å². The van der Waals surface area contributed by atoms with E-state index in [2.05, 4.69) is 6.58 Å². The summed E-state index contributed by atoms with van der Waals surface area (Å²) >= 11 is 0. The fraction of sp³-hybridized carbons (Fsp3) is 0.100. The Kier molecular flexibility index (Phi) is 3.23. The molecule has 0 unspecified atom stereocenters. The molecule has 1 aromatic carbocycles. The molecule has 1 radical (unpaired) electrons. The molecule has 12 heavy (non-hydrogen) atoms. The quantitative estimate of drug-likeness (QED) is 0.375. The van der Waals surface area contributed by atoms with Crippen LogP contribution in [-0.2, 0) is 4.79 Å². The van der Waals surface area contributed by atoms with E-state index in [1.54, 1.807) is 11.0 Å². The van der Waals surface area contributed by atoms with Gasteiger partial charge in [0, 0.05) is 12.1 Å². The van der Waals surface area contributed by atoms with E-state index in [4.69, 9.17) is 0 Å². The van der Waals surface area contributed by atoms with Crippen LogP contribution < -0.4 is 4.90 Å². The van der Waals surface area contributed by atoms with Crippen LogP contribution >= 0.6 is 0 Å². The summed E-state index contributed by atoms with van der Waals surface area (Å²) in [5.41, 5.74) is 0.896. The van der Waals surface area contributed by atoms with Crippen molar-refractivity contribution in [2.45, 2.75) is 0 Å². The van der Waals surface area contributed by atoms with Crippen molar-refractivity contribution in [2.75, 3.05) is 6.54 Å². The van der Waals surface area contributed by atoms with Gasteiger partial charge < -0.3 is 0 Å². The molecule has 0 spiro atoms. The molecule has 0 heterocycles. The Morgan fingerprint density at radius 3 is 2.50 bits per heavy atom. The Labute approximate surface area is 72.1 Å². The second-order valence-electron chi connectivity index (χ2n) is 2.38. The van der Waals surface area contributed by atoms with Gasteiger partial charge in [-0.15, -0.1) is 0 Å². The van der Waals surface area contributed by atoms with E-state index >= 15 is 0 Å². The van der Waals surface area contributed by atoms with Gasteiger partial charge in [0.15, 0.2) is 12.2 Å². The monoisotopic (exact) mass is 161 g/mol. The van der Waals surface area contributed by atoms with Crippen LogP contribution in [0.3, 0.4) is 0 Å². The van der Waals surface area contributed by atoms with Crippen LogP contribution in [-0.4, -0.2) is 13.0 Å². The molecule has 1 aromatic rings. The molecular formula is C10H11NO+. The summed E-state index contributed by atoms with van der Waals surface area (Å²) in [6, 6.07) is 9.49. The van der Waals surface area contributed by atoms with E-state index in [0.717, 1.165) is 12.1 Å². The molecule has 2 nitrogen and oxygen atoms in total. The van der Waals surface area contributed by atoms with E-state index in [9.17, 15) is 4.79 Å². The molecule has 0 aliphatic heterocycles. The number of carbonyl (C=O) groups is 1. The average Bonchev–Trinajstić information content (AvgIpc) is 2.15. The Morgan fingerprint density at radius 2 is 2.00 bits per heavy atom. The molecule has 0 aliphatic carbocycles. The SMILES string of the molecule is C=CC[N+](C=O)c1ccccc1. The highest BCUT2D eigenvalue weighted by atomic mass is 16.1. The Morgan fingerprint density at radius 1 is 1.33 bits per heavy atom. The molecule has 0 aromatic heterocycles. The van der Waals surface area contributed by atoms with Crippen molar-refractivity contribution in [2.24, 2.45) is 0 Å². The number of anilines is 1. The average molecular weight is 161 g/mol. The third-order valence-corrected chi connectivity index (χ3v) is 1.54. The van der Waals surface area contributed by atoms with Gasteiger partial charge in [-0.1, -0.05) is 29.7 Å². The summed E-state index contributed by atoms with van der Waals surface area (Å²) < 4.78 is 0. The summed E-state index contributed by atoms with van der Waals surface area (Å²) in [5, 5.41) is 0. The van der Waals surface area contributed by atoms with E-state index < -0.39 is 0 Å². The number of carbonyl (C=O) groups excluding carboxylic acids is 1. The lowest BCUT2D eigenvalue weighted by Crippen LogP contribution is -2.21. The molecule has 0 saturated heterocycles. The van der Waals surface area contributed by atoms with Gasteiger partial charge in [0.1, 0.15) is 0 Å². The van der Waals surface area contributed by atoms with Gasteiger partial charge in [-0.3, -0.25) is 0 Å². The molecule has 1 rings (SSSR count). The fourth-order valence-electron chi connectivity index (χ4n) is 0.968. The molecule has 0 N–H and O–H groups in total. The van der Waals surface area contributed by atoms with Crippen molar-refractivity contribution >= 4 is 12.1 Å². The number of benzene rings is 1. The number of amides is 1. The molecule has 0 aliphatic rings. The highest BCUT2D eigenvalue weighted by molar-refractivity contribution is 5.63. The molecule has 0 saturated carbocycles. The van der Waals surface area contributed by atoms with Crippen molar-refractivity contribution in [3.05, 3.63) is 43.0 Å². The number of para-hydroxylation sites is 1. The fourth-order valence-corrected chi connectivity index (χ4v) is 0.968. The number of rotatable bonds is 4. The lowest BCUT2D eigenvalue weighted by Gasteiger charge is -1.99. The third-order valence-electron chi connectivity index (χ3n) is 1.54. The maximum atomic E-state index is 10.6. The van der Waals surface area contributed by atoms with Crippen LogP contribution in [0, 0.1) is 0 Å². The van der Waals surface area contributed by atoms with Crippen LogP contribution in [0.5, 0.6) is 0 Å². The first-order chi connectivity index (χ1) is 5.88. The minimum atomic E-state index is 0.549. The van der Waals surface area contributed by atoms with Gasteiger partial charge in [-0.05, 0) is 6.08 Å². The standard InChI is InChI=1S/C10H11NO/c1-2-8-11(9-12)10-6-4-3-5-7-10/h2-7,9H,1,8H2/q+1. The predicted molar refractivity (Wildman–Crippen MR) is 49.4 cm³/mol. The highest BCUT2D eigenvalue weighted by Gasteiger charge is 2.13. The summed E-state index contributed by atoms with van der Waals surface area (Å²) in [4.78, 5) is 12.2. The van der Waals surface area contributed by atoms with Crippen molar-refractivity contribution in [1.82, 2.24) is 4.90 Å². The molecule has 2 heteroatoms. The Hall–Kier alpha value is -1.41. The van der Waals surface area contributed by atoms with Crippen LogP contribution in [0.25, 0.3) is 0 Å². The molecule has 0 atom stereocenters. The van der Waals surface area contributed by atoms with Crippen LogP contribution in [0.1, 0.15) is 0 Å². The van der Waals surface area contributed by atoms with E-state index in [1.165, 1.54) is 0 Å². The van der Waals surface area contributed by atoms with Crippen molar-refractivity contribution in [1.29, 1.82) is 0 Å². The summed E-state index contributed by atoms with van der Waals surface area (Å²) in [6.07, 6.45) is 2.50. The van der Waals surface area contributed by atoms with E-state index in [-0.39, 0.29) is 0 Å². The van der Waals surface area contributed by atoms with Gasteiger partial charge in [0.2, 0.25) is 0 Å². The first-order valence-corrected chi connectivity index (χ1v) is 3.76. The second kappa shape index (κ2) is 4.46. The summed E-state index contributed by atoms with van der Waals surface area (Å²) in [5.74, 6) is 0. The zero-order valence-electron chi connectivity index (χ0n) is 6.81. The van der Waals surface area contributed by atoms with Crippen LogP contribution in [0.2, 0.25) is 0 Å². The first-order valence-electron chi connectivity index (χ1n) is 3.76. The van der Waals surface area contributed by atoms with E-state index in [1.807, 2.05) is 30.3 Å². The summed E-state index contributed by atoms with van der Waals surface area (Å²) in [6.45, 7) is 4.12. The third kappa shape index (κ3) is 2.04. The largest absolute Gasteiger partial charge is 0.355 e. The van der Waals surface area contributed by atoms with Crippen LogP contribution in [0.15, 0.2) is 43.0 Å². The van der Waals surface area contributed by atoms with Crippen molar-refractivity contribution in [3.8, 4) is 0 Å². The normalized spacial score (nSPS) is 9.75. The minimum Gasteiger partial charge on any atom is -0.228 e. The zero-order valence-corrected chi connectivity index (χ0v) is 6.81. The van der Waals surface area contributed by atoms with Crippen LogP contribution in [0.4, 0.5) is 5.69 Å². The minimum absolute atomic E-state index is 0.549. The van der Waals surface area contributed by atoms with Gasteiger partial charge in [0.05, 0.1) is 0 Å². The number of nitrogens with zero attached hydrogens (tertiary/aromatic N) is 1. The molecule has 61 valence electrons. The topological polar surface area (TPSA) is 23.0 Å². The molecular weight excluding hydrogens is 150 g/mol. The maximum absolute atomic E-state index is 10.6. The molecule has 0 fully saturated rings. The number of hydrogen-bond donors (Lipinski definition) is 0. The molecule has 0 bridgehead atoms. The lowest BCUT2D eigenvalue weighted by molar-refractivity contribution is -0.111. The second-order valence-corrected chi connectivity index (χ2v) is 2.38. The van der Waals surface area contributed by atoms with E-state index in [0.29, 0.717) is 6.54 Å². The van der Waals surface area contributed by atoms with Gasteiger partial charge in [-0.2, -0.15) is 0 Å². The Bertz CT molecular complexity index is 256. The first kappa shape index (κ1) is 8.68. The number of hydrogen-bond acceptors (Lipinski definition) is 1. The van der Waals surface area contributed by atoms with Gasteiger partial charge in [0.25, 0.3) is 0 Å².